The zero-order chi connectivity index (χ0) is 9.84. The Bertz CT molecular complexity index is 323. The number of amides is 1. The van der Waals surface area contributed by atoms with E-state index in [1.54, 1.807) is 7.05 Å². The predicted octanol–water partition coefficient (Wildman–Crippen LogP) is 0.784. The lowest BCUT2D eigenvalue weighted by Crippen LogP contribution is -2.20. The Labute approximate surface area is 80.9 Å². The maximum Gasteiger partial charge on any atom is 0.224 e. The molecule has 1 aromatic rings. The van der Waals surface area contributed by atoms with Gasteiger partial charge in [-0.3, -0.25) is 4.79 Å². The largest absolute Gasteiger partial charge is 0.359 e. The van der Waals surface area contributed by atoms with Crippen LogP contribution in [0.15, 0.2) is 18.2 Å². The van der Waals surface area contributed by atoms with Crippen molar-refractivity contribution in [3.05, 3.63) is 29.3 Å². The number of carbonyl (C=O) groups is 1. The number of rotatable bonds is 2. The minimum Gasteiger partial charge on any atom is -0.359 e. The predicted molar refractivity (Wildman–Crippen MR) is 58.3 cm³/mol. The molecule has 0 heterocycles. The average molecular weight is 195 g/mol. The molecule has 70 valence electrons. The number of benzene rings is 1. The van der Waals surface area contributed by atoms with Crippen molar-refractivity contribution in [3.63, 3.8) is 0 Å². The molecule has 0 saturated heterocycles. The first kappa shape index (κ1) is 10.2. The number of likely N-dealkylation sites (N-methyl/N-ethyl adjacent to an activating group) is 1. The summed E-state index contributed by atoms with van der Waals surface area (Å²) in [5, 5.41) is 3.76. The summed E-state index contributed by atoms with van der Waals surface area (Å²) in [6.45, 7) is 2.02. The zero-order valence-corrected chi connectivity index (χ0v) is 9.08. The SMILES string of the molecule is CNC(=O)Cc1ccc(P)cc1C. The second kappa shape index (κ2) is 4.38. The van der Waals surface area contributed by atoms with E-state index < -0.39 is 0 Å². The van der Waals surface area contributed by atoms with Crippen molar-refractivity contribution in [2.24, 2.45) is 0 Å². The van der Waals surface area contributed by atoms with Crippen LogP contribution in [0.4, 0.5) is 0 Å². The minimum atomic E-state index is 0.0552. The van der Waals surface area contributed by atoms with Crippen LogP contribution in [0.1, 0.15) is 11.1 Å². The summed E-state index contributed by atoms with van der Waals surface area (Å²) in [5.74, 6) is 0.0552. The van der Waals surface area contributed by atoms with Crippen LogP contribution in [0.3, 0.4) is 0 Å². The summed E-state index contributed by atoms with van der Waals surface area (Å²) >= 11 is 0. The summed E-state index contributed by atoms with van der Waals surface area (Å²) < 4.78 is 0. The number of nitrogens with one attached hydrogen (secondary N) is 1. The lowest BCUT2D eigenvalue weighted by atomic mass is 10.1. The van der Waals surface area contributed by atoms with Crippen LogP contribution in [0.2, 0.25) is 0 Å². The van der Waals surface area contributed by atoms with Gasteiger partial charge in [-0.1, -0.05) is 18.2 Å². The maximum atomic E-state index is 11.1. The quantitative estimate of drug-likeness (QED) is 0.694. The summed E-state index contributed by atoms with van der Waals surface area (Å²) in [6.07, 6.45) is 0.466. The molecule has 1 unspecified atom stereocenters. The summed E-state index contributed by atoms with van der Waals surface area (Å²) in [4.78, 5) is 11.1. The molecule has 1 atom stereocenters. The molecule has 0 fully saturated rings. The fourth-order valence-electron chi connectivity index (χ4n) is 1.18. The highest BCUT2D eigenvalue weighted by Crippen LogP contribution is 2.07. The second-order valence-corrected chi connectivity index (χ2v) is 3.70. The van der Waals surface area contributed by atoms with Gasteiger partial charge in [-0.05, 0) is 23.4 Å². The van der Waals surface area contributed by atoms with Crippen molar-refractivity contribution < 1.29 is 4.79 Å². The monoisotopic (exact) mass is 195 g/mol. The fourth-order valence-corrected chi connectivity index (χ4v) is 1.53. The third-order valence-corrected chi connectivity index (χ3v) is 2.36. The molecule has 2 nitrogen and oxygen atoms in total. The molecule has 13 heavy (non-hydrogen) atoms. The molecule has 0 aliphatic rings. The van der Waals surface area contributed by atoms with Gasteiger partial charge in [0.1, 0.15) is 0 Å². The Balaban J connectivity index is 2.83. The number of carbonyl (C=O) groups excluding carboxylic acids is 1. The zero-order valence-electron chi connectivity index (χ0n) is 7.92. The molecule has 1 N–H and O–H groups in total. The summed E-state index contributed by atoms with van der Waals surface area (Å²) in [5.41, 5.74) is 2.25. The molecular formula is C10H14NOP. The average Bonchev–Trinajstić information content (AvgIpc) is 2.09. The first-order valence-electron chi connectivity index (χ1n) is 4.19. The van der Waals surface area contributed by atoms with E-state index in [1.807, 2.05) is 19.1 Å². The van der Waals surface area contributed by atoms with E-state index in [2.05, 4.69) is 20.6 Å². The van der Waals surface area contributed by atoms with Gasteiger partial charge in [0.25, 0.3) is 0 Å². The smallest absolute Gasteiger partial charge is 0.224 e. The maximum absolute atomic E-state index is 11.1. The van der Waals surface area contributed by atoms with Crippen LogP contribution in [0, 0.1) is 6.92 Å². The highest BCUT2D eigenvalue weighted by atomic mass is 31.0. The molecule has 1 amide bonds. The van der Waals surface area contributed by atoms with E-state index in [0.717, 1.165) is 16.4 Å². The molecule has 0 radical (unpaired) electrons. The van der Waals surface area contributed by atoms with Crippen LogP contribution in [-0.4, -0.2) is 13.0 Å². The van der Waals surface area contributed by atoms with Crippen LogP contribution in [0.5, 0.6) is 0 Å². The van der Waals surface area contributed by atoms with Crippen molar-refractivity contribution >= 4 is 20.5 Å². The number of aryl methyl sites for hydroxylation is 1. The van der Waals surface area contributed by atoms with E-state index >= 15 is 0 Å². The summed E-state index contributed by atoms with van der Waals surface area (Å²) in [6, 6.07) is 6.05. The topological polar surface area (TPSA) is 29.1 Å². The van der Waals surface area contributed by atoms with E-state index in [9.17, 15) is 4.79 Å². The minimum absolute atomic E-state index is 0.0552. The van der Waals surface area contributed by atoms with Crippen molar-refractivity contribution in [2.45, 2.75) is 13.3 Å². The highest BCUT2D eigenvalue weighted by Gasteiger charge is 2.03. The Kier molecular flexibility index (Phi) is 3.44. The van der Waals surface area contributed by atoms with Gasteiger partial charge in [-0.15, -0.1) is 9.24 Å². The van der Waals surface area contributed by atoms with Gasteiger partial charge >= 0.3 is 0 Å². The Morgan fingerprint density at radius 2 is 2.23 bits per heavy atom. The van der Waals surface area contributed by atoms with E-state index in [-0.39, 0.29) is 5.91 Å². The molecule has 0 aliphatic heterocycles. The lowest BCUT2D eigenvalue weighted by molar-refractivity contribution is -0.119. The van der Waals surface area contributed by atoms with Crippen molar-refractivity contribution in [1.82, 2.24) is 5.32 Å². The first-order chi connectivity index (χ1) is 6.13. The van der Waals surface area contributed by atoms with Gasteiger partial charge in [-0.2, -0.15) is 0 Å². The van der Waals surface area contributed by atoms with Gasteiger partial charge in [0.2, 0.25) is 5.91 Å². The molecular weight excluding hydrogens is 181 g/mol. The molecule has 0 aliphatic carbocycles. The molecule has 1 aromatic carbocycles. The number of hydrogen-bond donors (Lipinski definition) is 1. The third kappa shape index (κ3) is 2.82. The van der Waals surface area contributed by atoms with E-state index in [0.29, 0.717) is 6.42 Å². The molecule has 0 saturated carbocycles. The van der Waals surface area contributed by atoms with Crippen molar-refractivity contribution in [3.8, 4) is 0 Å². The van der Waals surface area contributed by atoms with Gasteiger partial charge in [-0.25, -0.2) is 0 Å². The highest BCUT2D eigenvalue weighted by molar-refractivity contribution is 7.27. The van der Waals surface area contributed by atoms with E-state index in [4.69, 9.17) is 0 Å². The lowest BCUT2D eigenvalue weighted by Gasteiger charge is -2.05. The third-order valence-electron chi connectivity index (χ3n) is 2.00. The van der Waals surface area contributed by atoms with Crippen LogP contribution in [0.25, 0.3) is 0 Å². The van der Waals surface area contributed by atoms with Gasteiger partial charge in [0.15, 0.2) is 0 Å². The molecule has 0 bridgehead atoms. The number of hydrogen-bond acceptors (Lipinski definition) is 1. The Morgan fingerprint density at radius 3 is 2.77 bits per heavy atom. The fraction of sp³-hybridized carbons (Fsp3) is 0.300. The van der Waals surface area contributed by atoms with Crippen LogP contribution < -0.4 is 10.6 Å². The molecule has 1 rings (SSSR count). The molecule has 0 aromatic heterocycles. The van der Waals surface area contributed by atoms with Crippen LogP contribution in [-0.2, 0) is 11.2 Å². The Morgan fingerprint density at radius 1 is 1.54 bits per heavy atom. The van der Waals surface area contributed by atoms with Crippen molar-refractivity contribution in [2.75, 3.05) is 7.05 Å². The summed E-state index contributed by atoms with van der Waals surface area (Å²) in [7, 11) is 4.30. The second-order valence-electron chi connectivity index (χ2n) is 3.04. The van der Waals surface area contributed by atoms with Crippen LogP contribution >= 0.6 is 9.24 Å². The normalized spacial score (nSPS) is 9.77. The van der Waals surface area contributed by atoms with E-state index in [1.165, 1.54) is 0 Å². The Hall–Kier alpha value is -0.880. The van der Waals surface area contributed by atoms with Gasteiger partial charge in [0, 0.05) is 7.05 Å². The van der Waals surface area contributed by atoms with Gasteiger partial charge < -0.3 is 5.32 Å². The first-order valence-corrected chi connectivity index (χ1v) is 4.77. The molecule has 3 heteroatoms. The standard InChI is InChI=1S/C10H14NOP/c1-7-5-9(13)4-3-8(7)6-10(12)11-2/h3-5H,6,13H2,1-2H3,(H,11,12). The van der Waals surface area contributed by atoms with Crippen molar-refractivity contribution in [1.29, 1.82) is 0 Å². The van der Waals surface area contributed by atoms with Gasteiger partial charge in [0.05, 0.1) is 6.42 Å². The molecule has 0 spiro atoms.